The van der Waals surface area contributed by atoms with Crippen LogP contribution in [0.25, 0.3) is 11.1 Å². The molecule has 9 nitrogen and oxygen atoms in total. The van der Waals surface area contributed by atoms with Crippen LogP contribution >= 0.6 is 0 Å². The molecular formula is C17H13N3O6. The van der Waals surface area contributed by atoms with Crippen molar-refractivity contribution in [2.24, 2.45) is 0 Å². The van der Waals surface area contributed by atoms with E-state index < -0.39 is 16.6 Å². The Kier molecular flexibility index (Phi) is 4.36. The van der Waals surface area contributed by atoms with E-state index in [1.165, 1.54) is 43.3 Å². The molecule has 0 spiro atoms. The predicted molar refractivity (Wildman–Crippen MR) is 92.2 cm³/mol. The van der Waals surface area contributed by atoms with Gasteiger partial charge in [-0.15, -0.1) is 0 Å². The van der Waals surface area contributed by atoms with Gasteiger partial charge in [0.15, 0.2) is 11.4 Å². The van der Waals surface area contributed by atoms with Crippen molar-refractivity contribution in [2.45, 2.75) is 13.5 Å². The fourth-order valence-corrected chi connectivity index (χ4v) is 2.45. The van der Waals surface area contributed by atoms with E-state index in [4.69, 9.17) is 4.42 Å². The minimum atomic E-state index is -0.723. The quantitative estimate of drug-likeness (QED) is 0.425. The number of ketones is 1. The number of amides is 1. The molecule has 1 heterocycles. The van der Waals surface area contributed by atoms with Gasteiger partial charge in [0.25, 0.3) is 5.69 Å². The second kappa shape index (κ2) is 6.63. The molecule has 0 saturated heterocycles. The fourth-order valence-electron chi connectivity index (χ4n) is 2.45. The average Bonchev–Trinajstić information content (AvgIpc) is 2.90. The molecule has 0 aliphatic carbocycles. The van der Waals surface area contributed by atoms with Gasteiger partial charge in [0.1, 0.15) is 6.54 Å². The molecule has 26 heavy (non-hydrogen) atoms. The van der Waals surface area contributed by atoms with Gasteiger partial charge in [-0.1, -0.05) is 0 Å². The maximum Gasteiger partial charge on any atom is 0.420 e. The Balaban J connectivity index is 1.80. The summed E-state index contributed by atoms with van der Waals surface area (Å²) in [5.74, 6) is -1.39. The number of carbonyl (C=O) groups is 2. The van der Waals surface area contributed by atoms with Crippen LogP contribution in [0.1, 0.15) is 17.3 Å². The maximum absolute atomic E-state index is 12.2. The Morgan fingerprint density at radius 2 is 1.88 bits per heavy atom. The van der Waals surface area contributed by atoms with Crippen LogP contribution in [0.15, 0.2) is 51.7 Å². The number of benzene rings is 2. The third-order valence-electron chi connectivity index (χ3n) is 3.74. The third-order valence-corrected chi connectivity index (χ3v) is 3.74. The molecule has 3 aromatic rings. The number of nitrogens with one attached hydrogen (secondary N) is 1. The summed E-state index contributed by atoms with van der Waals surface area (Å²) in [6.45, 7) is 1.09. The molecule has 132 valence electrons. The van der Waals surface area contributed by atoms with Crippen molar-refractivity contribution in [3.05, 3.63) is 68.7 Å². The van der Waals surface area contributed by atoms with Crippen LogP contribution in [-0.4, -0.2) is 21.2 Å². The lowest BCUT2D eigenvalue weighted by atomic mass is 10.1. The number of oxazole rings is 1. The van der Waals surface area contributed by atoms with Gasteiger partial charge < -0.3 is 9.73 Å². The molecule has 1 aromatic heterocycles. The van der Waals surface area contributed by atoms with Crippen LogP contribution in [0.3, 0.4) is 0 Å². The normalized spacial score (nSPS) is 10.7. The number of carbonyl (C=O) groups excluding carboxylic acids is 2. The van der Waals surface area contributed by atoms with Crippen molar-refractivity contribution in [3.63, 3.8) is 0 Å². The van der Waals surface area contributed by atoms with Gasteiger partial charge in [0.2, 0.25) is 5.91 Å². The minimum Gasteiger partial charge on any atom is -0.408 e. The number of fused-ring (bicyclic) bond motifs is 1. The average molecular weight is 355 g/mol. The zero-order valence-electron chi connectivity index (χ0n) is 13.6. The summed E-state index contributed by atoms with van der Waals surface area (Å²) < 4.78 is 6.22. The Morgan fingerprint density at radius 3 is 2.50 bits per heavy atom. The second-order valence-corrected chi connectivity index (χ2v) is 5.54. The highest BCUT2D eigenvalue weighted by molar-refractivity contribution is 5.97. The summed E-state index contributed by atoms with van der Waals surface area (Å²) in [5, 5.41) is 13.2. The molecule has 0 atom stereocenters. The first-order chi connectivity index (χ1) is 12.3. The Labute approximate surface area is 146 Å². The van der Waals surface area contributed by atoms with Crippen molar-refractivity contribution in [3.8, 4) is 0 Å². The molecule has 0 fully saturated rings. The topological polar surface area (TPSA) is 124 Å². The zero-order chi connectivity index (χ0) is 18.8. The summed E-state index contributed by atoms with van der Waals surface area (Å²) in [5.41, 5.74) is 1.26. The number of nitrogens with zero attached hydrogens (tertiary/aromatic N) is 2. The van der Waals surface area contributed by atoms with Gasteiger partial charge in [0, 0.05) is 23.4 Å². The Bertz CT molecular complexity index is 1080. The van der Waals surface area contributed by atoms with Crippen LogP contribution in [0.4, 0.5) is 11.4 Å². The van der Waals surface area contributed by atoms with Crippen LogP contribution in [-0.2, 0) is 11.3 Å². The van der Waals surface area contributed by atoms with Gasteiger partial charge in [-0.3, -0.25) is 24.3 Å². The van der Waals surface area contributed by atoms with Gasteiger partial charge in [-0.2, -0.15) is 0 Å². The molecule has 0 bridgehead atoms. The van der Waals surface area contributed by atoms with Crippen LogP contribution in [0.5, 0.6) is 0 Å². The van der Waals surface area contributed by atoms with Crippen molar-refractivity contribution < 1.29 is 18.9 Å². The number of non-ortho nitro benzene ring substituents is 1. The first kappa shape index (κ1) is 17.1. The Morgan fingerprint density at radius 1 is 1.19 bits per heavy atom. The largest absolute Gasteiger partial charge is 0.420 e. The van der Waals surface area contributed by atoms with Gasteiger partial charge in [-0.05, 0) is 37.3 Å². The minimum absolute atomic E-state index is 0.0960. The maximum atomic E-state index is 12.2. The van der Waals surface area contributed by atoms with Crippen molar-refractivity contribution in [1.29, 1.82) is 0 Å². The van der Waals surface area contributed by atoms with E-state index in [0.717, 1.165) is 4.57 Å². The summed E-state index contributed by atoms with van der Waals surface area (Å²) >= 11 is 0. The van der Waals surface area contributed by atoms with E-state index in [1.54, 1.807) is 6.07 Å². The van der Waals surface area contributed by atoms with E-state index in [9.17, 15) is 24.5 Å². The number of hydrogen-bond donors (Lipinski definition) is 1. The standard InChI is InChI=1S/C17H13N3O6/c1-10(21)11-2-7-14-15(8-11)26-17(23)19(14)9-16(22)18-12-3-5-13(6-4-12)20(24)25/h2-8H,9H2,1H3,(H,18,22). The lowest BCUT2D eigenvalue weighted by Gasteiger charge is -2.05. The first-order valence-electron chi connectivity index (χ1n) is 7.54. The molecule has 1 amide bonds. The molecule has 9 heteroatoms. The molecule has 0 saturated carbocycles. The van der Waals surface area contributed by atoms with Crippen LogP contribution in [0, 0.1) is 10.1 Å². The summed E-state index contributed by atoms with van der Waals surface area (Å²) in [6, 6.07) is 9.85. The zero-order valence-corrected chi connectivity index (χ0v) is 13.6. The summed E-state index contributed by atoms with van der Waals surface area (Å²) in [6.07, 6.45) is 0. The number of Topliss-reactive ketones (excluding diaryl/α,β-unsaturated/α-hetero) is 1. The number of aromatic nitrogens is 1. The second-order valence-electron chi connectivity index (χ2n) is 5.54. The smallest absolute Gasteiger partial charge is 0.408 e. The summed E-state index contributed by atoms with van der Waals surface area (Å²) in [7, 11) is 0. The molecule has 0 unspecified atom stereocenters. The van der Waals surface area contributed by atoms with Crippen LogP contribution < -0.4 is 11.1 Å². The molecule has 0 radical (unpaired) electrons. The van der Waals surface area contributed by atoms with E-state index in [1.807, 2.05) is 0 Å². The fraction of sp³-hybridized carbons (Fsp3) is 0.118. The molecule has 1 N–H and O–H groups in total. The summed E-state index contributed by atoms with van der Waals surface area (Å²) in [4.78, 5) is 45.6. The van der Waals surface area contributed by atoms with E-state index in [2.05, 4.69) is 5.32 Å². The predicted octanol–water partition coefficient (Wildman–Crippen LogP) is 2.34. The molecule has 0 aliphatic heterocycles. The number of nitro benzene ring substituents is 1. The number of hydrogen-bond acceptors (Lipinski definition) is 6. The van der Waals surface area contributed by atoms with Crippen molar-refractivity contribution in [1.82, 2.24) is 4.57 Å². The highest BCUT2D eigenvalue weighted by Crippen LogP contribution is 2.17. The molecule has 0 aliphatic rings. The highest BCUT2D eigenvalue weighted by atomic mass is 16.6. The first-order valence-corrected chi connectivity index (χ1v) is 7.54. The third kappa shape index (κ3) is 3.36. The number of anilines is 1. The van der Waals surface area contributed by atoms with Crippen LogP contribution in [0.2, 0.25) is 0 Å². The van der Waals surface area contributed by atoms with E-state index in [0.29, 0.717) is 16.8 Å². The lowest BCUT2D eigenvalue weighted by molar-refractivity contribution is -0.384. The van der Waals surface area contributed by atoms with Gasteiger partial charge in [0.05, 0.1) is 10.4 Å². The molecule has 2 aromatic carbocycles. The van der Waals surface area contributed by atoms with E-state index >= 15 is 0 Å². The van der Waals surface area contributed by atoms with Gasteiger partial charge in [-0.25, -0.2) is 4.79 Å². The van der Waals surface area contributed by atoms with E-state index in [-0.39, 0.29) is 23.6 Å². The Hall–Kier alpha value is -3.75. The van der Waals surface area contributed by atoms with Crippen molar-refractivity contribution in [2.75, 3.05) is 5.32 Å². The molecular weight excluding hydrogens is 342 g/mol. The van der Waals surface area contributed by atoms with Crippen molar-refractivity contribution >= 4 is 34.2 Å². The SMILES string of the molecule is CC(=O)c1ccc2c(c1)oc(=O)n2CC(=O)Nc1ccc([N+](=O)[O-])cc1. The van der Waals surface area contributed by atoms with Gasteiger partial charge >= 0.3 is 5.76 Å². The monoisotopic (exact) mass is 355 g/mol. The lowest BCUT2D eigenvalue weighted by Crippen LogP contribution is -2.24. The highest BCUT2D eigenvalue weighted by Gasteiger charge is 2.14. The number of nitro groups is 1. The molecule has 3 rings (SSSR count). The number of rotatable bonds is 5.